The number of hydrogen-bond acceptors (Lipinski definition) is 4. The number of carbonyl (C=O) groups excluding carboxylic acids is 1. The maximum atomic E-state index is 12.4. The molecule has 1 aromatic carbocycles. The number of carboxylic acids is 1. The lowest BCUT2D eigenvalue weighted by atomic mass is 9.99. The van der Waals surface area contributed by atoms with E-state index in [0.717, 1.165) is 12.1 Å². The highest BCUT2D eigenvalue weighted by Crippen LogP contribution is 2.26. The Bertz CT molecular complexity index is 634. The zero-order valence-electron chi connectivity index (χ0n) is 16.4. The van der Waals surface area contributed by atoms with Gasteiger partial charge in [-0.2, -0.15) is 0 Å². The molecule has 1 aromatic rings. The van der Waals surface area contributed by atoms with Crippen LogP contribution in [-0.2, 0) is 4.74 Å². The molecule has 1 aliphatic rings. The first-order chi connectivity index (χ1) is 12.1. The molecule has 0 aromatic heterocycles. The minimum absolute atomic E-state index is 0.173. The number of nitrogens with zero attached hydrogens (tertiary/aromatic N) is 2. The molecule has 0 bridgehead atoms. The van der Waals surface area contributed by atoms with Crippen LogP contribution in [0.3, 0.4) is 0 Å². The van der Waals surface area contributed by atoms with Crippen LogP contribution < -0.4 is 4.90 Å². The van der Waals surface area contributed by atoms with Gasteiger partial charge < -0.3 is 19.6 Å². The Hall–Kier alpha value is -2.24. The number of carbonyl (C=O) groups is 2. The van der Waals surface area contributed by atoms with Crippen molar-refractivity contribution in [3.05, 3.63) is 29.8 Å². The molecule has 2 rings (SSSR count). The Kier molecular flexibility index (Phi) is 6.16. The number of amides is 1. The molecule has 144 valence electrons. The fraction of sp³-hybridized carbons (Fsp3) is 0.600. The number of hydrogen-bond donors (Lipinski definition) is 1. The molecule has 26 heavy (non-hydrogen) atoms. The SMILES string of the molecule is CC(C)CC1CN(C(=O)OC(C)(C)C)CCN1c1ccc(C(=O)O)cc1. The van der Waals surface area contributed by atoms with Crippen molar-refractivity contribution >= 4 is 17.7 Å². The van der Waals surface area contributed by atoms with Gasteiger partial charge in [0.05, 0.1) is 5.56 Å². The largest absolute Gasteiger partial charge is 0.478 e. The van der Waals surface area contributed by atoms with Gasteiger partial charge in [-0.05, 0) is 57.4 Å². The zero-order chi connectivity index (χ0) is 19.5. The van der Waals surface area contributed by atoms with Crippen LogP contribution in [0.1, 0.15) is 51.4 Å². The molecule has 1 saturated heterocycles. The van der Waals surface area contributed by atoms with Crippen molar-refractivity contribution < 1.29 is 19.4 Å². The third-order valence-corrected chi connectivity index (χ3v) is 4.32. The molecule has 1 N–H and O–H groups in total. The van der Waals surface area contributed by atoms with Gasteiger partial charge in [0, 0.05) is 31.4 Å². The van der Waals surface area contributed by atoms with E-state index in [4.69, 9.17) is 9.84 Å². The molecule has 0 saturated carbocycles. The first-order valence-corrected chi connectivity index (χ1v) is 9.15. The number of benzene rings is 1. The van der Waals surface area contributed by atoms with Crippen LogP contribution in [0.4, 0.5) is 10.5 Å². The fourth-order valence-electron chi connectivity index (χ4n) is 3.23. The van der Waals surface area contributed by atoms with Crippen LogP contribution in [0, 0.1) is 5.92 Å². The van der Waals surface area contributed by atoms with Crippen molar-refractivity contribution in [2.45, 2.75) is 52.7 Å². The molecule has 0 radical (unpaired) electrons. The Morgan fingerprint density at radius 2 is 1.81 bits per heavy atom. The molecular formula is C20H30N2O4. The van der Waals surface area contributed by atoms with Crippen molar-refractivity contribution in [2.24, 2.45) is 5.92 Å². The highest BCUT2D eigenvalue weighted by molar-refractivity contribution is 5.88. The monoisotopic (exact) mass is 362 g/mol. The minimum Gasteiger partial charge on any atom is -0.478 e. The predicted octanol–water partition coefficient (Wildman–Crippen LogP) is 3.86. The van der Waals surface area contributed by atoms with Gasteiger partial charge in [0.2, 0.25) is 0 Å². The summed E-state index contributed by atoms with van der Waals surface area (Å²) < 4.78 is 5.52. The van der Waals surface area contributed by atoms with E-state index in [0.29, 0.717) is 25.6 Å². The quantitative estimate of drug-likeness (QED) is 0.881. The summed E-state index contributed by atoms with van der Waals surface area (Å²) in [5.41, 5.74) is 0.764. The van der Waals surface area contributed by atoms with Crippen molar-refractivity contribution in [1.29, 1.82) is 0 Å². The average Bonchev–Trinajstić information content (AvgIpc) is 2.52. The molecule has 1 aliphatic heterocycles. The van der Waals surface area contributed by atoms with Crippen LogP contribution in [0.15, 0.2) is 24.3 Å². The van der Waals surface area contributed by atoms with E-state index in [2.05, 4.69) is 18.7 Å². The van der Waals surface area contributed by atoms with E-state index in [1.807, 2.05) is 32.9 Å². The van der Waals surface area contributed by atoms with Gasteiger partial charge in [-0.15, -0.1) is 0 Å². The van der Waals surface area contributed by atoms with Crippen LogP contribution >= 0.6 is 0 Å². The number of aromatic carboxylic acids is 1. The summed E-state index contributed by atoms with van der Waals surface area (Å²) in [5, 5.41) is 9.07. The van der Waals surface area contributed by atoms with E-state index in [1.165, 1.54) is 0 Å². The van der Waals surface area contributed by atoms with E-state index in [-0.39, 0.29) is 17.7 Å². The van der Waals surface area contributed by atoms with Crippen LogP contribution in [0.25, 0.3) is 0 Å². The number of rotatable bonds is 4. The molecule has 1 amide bonds. The van der Waals surface area contributed by atoms with E-state index < -0.39 is 11.6 Å². The molecule has 6 heteroatoms. The first-order valence-electron chi connectivity index (χ1n) is 9.15. The second kappa shape index (κ2) is 7.98. The van der Waals surface area contributed by atoms with Gasteiger partial charge in [-0.3, -0.25) is 0 Å². The standard InChI is InChI=1S/C20H30N2O4/c1-14(2)12-17-13-21(19(25)26-20(3,4)5)10-11-22(17)16-8-6-15(7-9-16)18(23)24/h6-9,14,17H,10-13H2,1-5H3,(H,23,24). The third kappa shape index (κ3) is 5.38. The summed E-state index contributed by atoms with van der Waals surface area (Å²) in [6.07, 6.45) is 0.673. The van der Waals surface area contributed by atoms with Crippen LogP contribution in [0.2, 0.25) is 0 Å². The topological polar surface area (TPSA) is 70.1 Å². The Morgan fingerprint density at radius 1 is 1.19 bits per heavy atom. The second-order valence-corrected chi connectivity index (χ2v) is 8.26. The third-order valence-electron chi connectivity index (χ3n) is 4.32. The lowest BCUT2D eigenvalue weighted by molar-refractivity contribution is 0.0208. The second-order valence-electron chi connectivity index (χ2n) is 8.26. The smallest absolute Gasteiger partial charge is 0.410 e. The maximum Gasteiger partial charge on any atom is 0.410 e. The molecule has 1 heterocycles. The van der Waals surface area contributed by atoms with Crippen LogP contribution in [-0.4, -0.2) is 53.3 Å². The maximum absolute atomic E-state index is 12.4. The summed E-state index contributed by atoms with van der Waals surface area (Å²) in [6, 6.07) is 7.13. The number of carboxylic acid groups (broad SMARTS) is 1. The number of piperazine rings is 1. The average molecular weight is 362 g/mol. The summed E-state index contributed by atoms with van der Waals surface area (Å²) in [6.45, 7) is 11.8. The van der Waals surface area contributed by atoms with E-state index >= 15 is 0 Å². The van der Waals surface area contributed by atoms with Gasteiger partial charge >= 0.3 is 12.1 Å². The summed E-state index contributed by atoms with van der Waals surface area (Å²) in [7, 11) is 0. The highest BCUT2D eigenvalue weighted by atomic mass is 16.6. The number of anilines is 1. The molecule has 1 atom stereocenters. The Morgan fingerprint density at radius 3 is 2.31 bits per heavy atom. The summed E-state index contributed by atoms with van der Waals surface area (Å²) in [4.78, 5) is 27.5. The molecule has 0 aliphatic carbocycles. The molecule has 1 unspecified atom stereocenters. The minimum atomic E-state index is -0.926. The van der Waals surface area contributed by atoms with Gasteiger partial charge in [-0.25, -0.2) is 9.59 Å². The predicted molar refractivity (Wildman–Crippen MR) is 102 cm³/mol. The Labute approximate surface area is 155 Å². The highest BCUT2D eigenvalue weighted by Gasteiger charge is 2.32. The Balaban J connectivity index is 2.15. The van der Waals surface area contributed by atoms with E-state index in [1.54, 1.807) is 17.0 Å². The van der Waals surface area contributed by atoms with Gasteiger partial charge in [0.15, 0.2) is 0 Å². The van der Waals surface area contributed by atoms with Crippen molar-refractivity contribution in [3.63, 3.8) is 0 Å². The molecule has 0 spiro atoms. The first kappa shape index (κ1) is 20.1. The molecular weight excluding hydrogens is 332 g/mol. The lowest BCUT2D eigenvalue weighted by Crippen LogP contribution is -2.56. The summed E-state index contributed by atoms with van der Waals surface area (Å²) in [5.74, 6) is -0.440. The van der Waals surface area contributed by atoms with E-state index in [9.17, 15) is 9.59 Å². The van der Waals surface area contributed by atoms with Crippen molar-refractivity contribution in [3.8, 4) is 0 Å². The lowest BCUT2D eigenvalue weighted by Gasteiger charge is -2.43. The molecule has 6 nitrogen and oxygen atoms in total. The van der Waals surface area contributed by atoms with Crippen LogP contribution in [0.5, 0.6) is 0 Å². The van der Waals surface area contributed by atoms with Crippen molar-refractivity contribution in [2.75, 3.05) is 24.5 Å². The number of ether oxygens (including phenoxy) is 1. The normalized spacial score (nSPS) is 18.2. The van der Waals surface area contributed by atoms with Gasteiger partial charge in [0.1, 0.15) is 5.60 Å². The molecule has 1 fully saturated rings. The van der Waals surface area contributed by atoms with Gasteiger partial charge in [0.25, 0.3) is 0 Å². The van der Waals surface area contributed by atoms with Gasteiger partial charge in [-0.1, -0.05) is 13.8 Å². The summed E-state index contributed by atoms with van der Waals surface area (Å²) >= 11 is 0. The zero-order valence-corrected chi connectivity index (χ0v) is 16.4. The van der Waals surface area contributed by atoms with Crippen molar-refractivity contribution in [1.82, 2.24) is 4.90 Å². The fourth-order valence-corrected chi connectivity index (χ4v) is 3.23.